The fourth-order valence-electron chi connectivity index (χ4n) is 2.08. The number of H-pyrrole nitrogens is 1. The van der Waals surface area contributed by atoms with Crippen LogP contribution in [0.2, 0.25) is 0 Å². The topological polar surface area (TPSA) is 79.1 Å². The number of nitrogens with one attached hydrogen (secondary N) is 1. The van der Waals surface area contributed by atoms with E-state index in [2.05, 4.69) is 4.98 Å². The van der Waals surface area contributed by atoms with Crippen LogP contribution in [0.5, 0.6) is 0 Å². The van der Waals surface area contributed by atoms with Crippen LogP contribution in [0.4, 0.5) is 0 Å². The largest absolute Gasteiger partial charge is 0.481 e. The number of aliphatic carboxylic acids is 1. The lowest BCUT2D eigenvalue weighted by Crippen LogP contribution is -2.13. The summed E-state index contributed by atoms with van der Waals surface area (Å²) in [6.45, 7) is 1.99. The number of nitrogens with two attached hydrogens (primary N) is 1. The van der Waals surface area contributed by atoms with Crippen molar-refractivity contribution in [3.05, 3.63) is 35.5 Å². The molecule has 2 aromatic rings. The number of hydrogen-bond donors (Lipinski definition) is 3. The van der Waals surface area contributed by atoms with Gasteiger partial charge in [-0.05, 0) is 18.1 Å². The monoisotopic (exact) mass is 232 g/mol. The predicted octanol–water partition coefficient (Wildman–Crippen LogP) is 2.20. The molecule has 4 heteroatoms. The van der Waals surface area contributed by atoms with Gasteiger partial charge in [-0.15, -0.1) is 0 Å². The third-order valence-electron chi connectivity index (χ3n) is 2.99. The first-order chi connectivity index (χ1) is 8.13. The summed E-state index contributed by atoms with van der Waals surface area (Å²) in [5.41, 5.74) is 8.61. The van der Waals surface area contributed by atoms with Gasteiger partial charge in [0, 0.05) is 22.6 Å². The molecule has 0 fully saturated rings. The second kappa shape index (κ2) is 4.59. The summed E-state index contributed by atoms with van der Waals surface area (Å²) in [4.78, 5) is 14.2. The highest BCUT2D eigenvalue weighted by atomic mass is 16.4. The molecule has 1 unspecified atom stereocenters. The maximum Gasteiger partial charge on any atom is 0.307 e. The van der Waals surface area contributed by atoms with Crippen molar-refractivity contribution in [3.8, 4) is 0 Å². The van der Waals surface area contributed by atoms with Gasteiger partial charge in [0.25, 0.3) is 0 Å². The third-order valence-corrected chi connectivity index (χ3v) is 2.99. The molecule has 0 aliphatic rings. The SMILES string of the molecule is CCC(N)c1[nH]c2ccccc2c1CC(=O)O. The van der Waals surface area contributed by atoms with Gasteiger partial charge in [0.05, 0.1) is 6.42 Å². The maximum atomic E-state index is 10.9. The van der Waals surface area contributed by atoms with E-state index in [1.807, 2.05) is 31.2 Å². The van der Waals surface area contributed by atoms with Gasteiger partial charge in [0.2, 0.25) is 0 Å². The molecule has 0 bridgehead atoms. The normalized spacial score (nSPS) is 12.8. The molecule has 0 saturated heterocycles. The minimum atomic E-state index is -0.834. The standard InChI is InChI=1S/C13H16N2O2/c1-2-10(14)13-9(7-12(16)17)8-5-3-4-6-11(8)15-13/h3-6,10,15H,2,7,14H2,1H3,(H,16,17). The lowest BCUT2D eigenvalue weighted by atomic mass is 10.0. The molecule has 4 nitrogen and oxygen atoms in total. The van der Waals surface area contributed by atoms with Crippen LogP contribution in [0, 0.1) is 0 Å². The van der Waals surface area contributed by atoms with Crippen LogP contribution in [-0.4, -0.2) is 16.1 Å². The molecular formula is C13H16N2O2. The Morgan fingerprint density at radius 1 is 1.47 bits per heavy atom. The quantitative estimate of drug-likeness (QED) is 0.756. The Kier molecular flexibility index (Phi) is 3.15. The summed E-state index contributed by atoms with van der Waals surface area (Å²) in [6.07, 6.45) is 0.784. The van der Waals surface area contributed by atoms with Crippen LogP contribution < -0.4 is 5.73 Å². The van der Waals surface area contributed by atoms with Gasteiger partial charge < -0.3 is 15.8 Å². The van der Waals surface area contributed by atoms with Gasteiger partial charge in [0.1, 0.15) is 0 Å². The van der Waals surface area contributed by atoms with Crippen LogP contribution in [0.15, 0.2) is 24.3 Å². The Hall–Kier alpha value is -1.81. The lowest BCUT2D eigenvalue weighted by molar-refractivity contribution is -0.136. The van der Waals surface area contributed by atoms with E-state index in [1.54, 1.807) is 0 Å². The second-order valence-corrected chi connectivity index (χ2v) is 4.15. The van der Waals surface area contributed by atoms with Crippen molar-refractivity contribution in [3.63, 3.8) is 0 Å². The summed E-state index contributed by atoms with van der Waals surface area (Å²) in [6, 6.07) is 7.55. The molecule has 1 aromatic heterocycles. The van der Waals surface area contributed by atoms with Crippen LogP contribution >= 0.6 is 0 Å². The molecule has 0 spiro atoms. The minimum absolute atomic E-state index is 0.00699. The average Bonchev–Trinajstić information content (AvgIpc) is 2.67. The summed E-state index contributed by atoms with van der Waals surface area (Å²) >= 11 is 0. The number of para-hydroxylation sites is 1. The Labute approximate surface area is 99.4 Å². The van der Waals surface area contributed by atoms with Gasteiger partial charge in [-0.3, -0.25) is 4.79 Å². The van der Waals surface area contributed by atoms with E-state index in [1.165, 1.54) is 0 Å². The van der Waals surface area contributed by atoms with Crippen molar-refractivity contribution in [2.24, 2.45) is 5.73 Å². The Morgan fingerprint density at radius 3 is 2.82 bits per heavy atom. The van der Waals surface area contributed by atoms with Crippen molar-refractivity contribution in [2.45, 2.75) is 25.8 Å². The summed E-state index contributed by atoms with van der Waals surface area (Å²) in [5.74, 6) is -0.834. The molecule has 90 valence electrons. The maximum absolute atomic E-state index is 10.9. The number of carboxylic acids is 1. The molecule has 0 aliphatic carbocycles. The molecule has 17 heavy (non-hydrogen) atoms. The zero-order valence-corrected chi connectivity index (χ0v) is 9.73. The fourth-order valence-corrected chi connectivity index (χ4v) is 2.08. The Balaban J connectivity index is 2.60. The number of rotatable bonds is 4. The zero-order chi connectivity index (χ0) is 12.4. The molecule has 0 aliphatic heterocycles. The van der Waals surface area contributed by atoms with E-state index in [4.69, 9.17) is 10.8 Å². The zero-order valence-electron chi connectivity index (χ0n) is 9.73. The van der Waals surface area contributed by atoms with E-state index in [9.17, 15) is 4.79 Å². The molecule has 1 heterocycles. The molecule has 4 N–H and O–H groups in total. The highest BCUT2D eigenvalue weighted by molar-refractivity contribution is 5.88. The van der Waals surface area contributed by atoms with Gasteiger partial charge in [-0.2, -0.15) is 0 Å². The molecule has 0 radical (unpaired) electrons. The molecule has 2 rings (SSSR count). The van der Waals surface area contributed by atoms with E-state index in [-0.39, 0.29) is 12.5 Å². The first-order valence-electron chi connectivity index (χ1n) is 5.70. The van der Waals surface area contributed by atoms with Crippen molar-refractivity contribution >= 4 is 16.9 Å². The van der Waals surface area contributed by atoms with Gasteiger partial charge in [-0.1, -0.05) is 25.1 Å². The van der Waals surface area contributed by atoms with Crippen LogP contribution in [0.1, 0.15) is 30.6 Å². The lowest BCUT2D eigenvalue weighted by Gasteiger charge is -2.09. The number of fused-ring (bicyclic) bond motifs is 1. The summed E-state index contributed by atoms with van der Waals surface area (Å²) in [7, 11) is 0. The second-order valence-electron chi connectivity index (χ2n) is 4.15. The number of carboxylic acid groups (broad SMARTS) is 1. The fraction of sp³-hybridized carbons (Fsp3) is 0.308. The van der Waals surface area contributed by atoms with Crippen molar-refractivity contribution in [1.82, 2.24) is 4.98 Å². The minimum Gasteiger partial charge on any atom is -0.481 e. The molecule has 0 saturated carbocycles. The van der Waals surface area contributed by atoms with E-state index in [0.29, 0.717) is 0 Å². The highest BCUT2D eigenvalue weighted by Crippen LogP contribution is 2.27. The predicted molar refractivity (Wildman–Crippen MR) is 66.9 cm³/mol. The van der Waals surface area contributed by atoms with Crippen LogP contribution in [-0.2, 0) is 11.2 Å². The molecular weight excluding hydrogens is 216 g/mol. The highest BCUT2D eigenvalue weighted by Gasteiger charge is 2.17. The average molecular weight is 232 g/mol. The Bertz CT molecular complexity index is 545. The van der Waals surface area contributed by atoms with Gasteiger partial charge >= 0.3 is 5.97 Å². The number of carbonyl (C=O) groups is 1. The Morgan fingerprint density at radius 2 is 2.18 bits per heavy atom. The molecule has 1 aromatic carbocycles. The van der Waals surface area contributed by atoms with Gasteiger partial charge in [0.15, 0.2) is 0 Å². The van der Waals surface area contributed by atoms with Gasteiger partial charge in [-0.25, -0.2) is 0 Å². The van der Waals surface area contributed by atoms with Crippen molar-refractivity contribution < 1.29 is 9.90 Å². The number of aromatic nitrogens is 1. The molecule has 0 amide bonds. The van der Waals surface area contributed by atoms with E-state index < -0.39 is 5.97 Å². The van der Waals surface area contributed by atoms with E-state index in [0.717, 1.165) is 28.6 Å². The number of benzene rings is 1. The van der Waals surface area contributed by atoms with Crippen molar-refractivity contribution in [1.29, 1.82) is 0 Å². The smallest absolute Gasteiger partial charge is 0.307 e. The number of hydrogen-bond acceptors (Lipinski definition) is 2. The first-order valence-corrected chi connectivity index (χ1v) is 5.70. The number of aromatic amines is 1. The van der Waals surface area contributed by atoms with Crippen molar-refractivity contribution in [2.75, 3.05) is 0 Å². The third kappa shape index (κ3) is 2.17. The van der Waals surface area contributed by atoms with Crippen LogP contribution in [0.25, 0.3) is 10.9 Å². The summed E-state index contributed by atoms with van der Waals surface area (Å²) < 4.78 is 0. The first kappa shape index (κ1) is 11.7. The molecule has 1 atom stereocenters. The summed E-state index contributed by atoms with van der Waals surface area (Å²) in [5, 5.41) is 9.92. The van der Waals surface area contributed by atoms with E-state index >= 15 is 0 Å². The van der Waals surface area contributed by atoms with Crippen LogP contribution in [0.3, 0.4) is 0 Å².